The lowest BCUT2D eigenvalue weighted by molar-refractivity contribution is -0.126. The highest BCUT2D eigenvalue weighted by Crippen LogP contribution is 2.30. The Morgan fingerprint density at radius 3 is 2.68 bits per heavy atom. The van der Waals surface area contributed by atoms with Gasteiger partial charge >= 0.3 is 0 Å². The largest absolute Gasteiger partial charge is 0.497 e. The summed E-state index contributed by atoms with van der Waals surface area (Å²) < 4.78 is 17.8. The number of nitrogens with zero attached hydrogens (tertiary/aromatic N) is 1. The van der Waals surface area contributed by atoms with Crippen molar-refractivity contribution in [3.05, 3.63) is 94.0 Å². The van der Waals surface area contributed by atoms with E-state index in [0.717, 1.165) is 26.9 Å². The molecule has 0 aromatic heterocycles. The van der Waals surface area contributed by atoms with Gasteiger partial charge in [0.05, 0.1) is 13.7 Å². The lowest BCUT2D eigenvalue weighted by Gasteiger charge is -2.24. The topological polar surface area (TPSA) is 89.4 Å². The van der Waals surface area contributed by atoms with Crippen molar-refractivity contribution < 1.29 is 24.1 Å². The lowest BCUT2D eigenvalue weighted by atomic mass is 9.91. The number of carbonyl (C=O) groups excluding carboxylic acids is 1. The third-order valence-corrected chi connectivity index (χ3v) is 6.91. The number of rotatable bonds is 12. The molecule has 0 bridgehead atoms. The van der Waals surface area contributed by atoms with Crippen LogP contribution in [0.15, 0.2) is 82.3 Å². The van der Waals surface area contributed by atoms with Crippen molar-refractivity contribution in [2.45, 2.75) is 24.8 Å². The van der Waals surface area contributed by atoms with Crippen LogP contribution in [0.3, 0.4) is 0 Å². The van der Waals surface area contributed by atoms with Gasteiger partial charge in [-0.3, -0.25) is 4.79 Å². The molecular weight excluding hydrogens is 536 g/mol. The predicted octanol–water partition coefficient (Wildman–Crippen LogP) is 4.34. The van der Waals surface area contributed by atoms with Crippen molar-refractivity contribution in [2.24, 2.45) is 4.99 Å². The number of aliphatic hydroxyl groups excluding tert-OH is 1. The Hall–Kier alpha value is -3.36. The van der Waals surface area contributed by atoms with Crippen LogP contribution in [0.25, 0.3) is 0 Å². The molecule has 0 spiro atoms. The molecule has 8 heteroatoms. The van der Waals surface area contributed by atoms with Crippen LogP contribution in [-0.2, 0) is 22.4 Å². The van der Waals surface area contributed by atoms with Crippen LogP contribution < -0.4 is 14.8 Å². The molecule has 3 aromatic carbocycles. The molecule has 0 radical (unpaired) electrons. The number of hydrogen-bond acceptors (Lipinski definition) is 6. The second-order valence-corrected chi connectivity index (χ2v) is 9.67. The van der Waals surface area contributed by atoms with Crippen LogP contribution in [0, 0.1) is 0 Å². The zero-order valence-corrected chi connectivity index (χ0v) is 22.4. The van der Waals surface area contributed by atoms with E-state index in [2.05, 4.69) is 21.2 Å². The van der Waals surface area contributed by atoms with Gasteiger partial charge in [-0.1, -0.05) is 46.3 Å². The van der Waals surface area contributed by atoms with Crippen LogP contribution in [0.5, 0.6) is 11.5 Å². The van der Waals surface area contributed by atoms with E-state index < -0.39 is 5.54 Å². The standard InChI is InChI=1S/C29H31BrN2O5/c1-35-25-8-4-6-21(18-25)14-15-31-28(34)29(19-23-7-2-3-9-26(23)30)20-37-27(32-29)22-10-12-24(13-11-22)36-17-5-16-33/h2-4,6-13,18,33H,5,14-17,19-20H2,1H3,(H,31,34)/t29-/m1/s1. The molecule has 37 heavy (non-hydrogen) atoms. The number of carbonyl (C=O) groups is 1. The highest BCUT2D eigenvalue weighted by molar-refractivity contribution is 9.10. The summed E-state index contributed by atoms with van der Waals surface area (Å²) in [6, 6.07) is 23.0. The Morgan fingerprint density at radius 1 is 1.11 bits per heavy atom. The maximum Gasteiger partial charge on any atom is 0.251 e. The SMILES string of the molecule is COc1cccc(CCNC(=O)[C@@]2(Cc3ccccc3Br)COC(c3ccc(OCCCO)cc3)=N2)c1. The molecule has 0 unspecified atom stereocenters. The average Bonchev–Trinajstić information content (AvgIpc) is 3.36. The number of nitrogens with one attached hydrogen (secondary N) is 1. The molecule has 0 saturated carbocycles. The minimum absolute atomic E-state index is 0.0872. The first-order chi connectivity index (χ1) is 18.0. The van der Waals surface area contributed by atoms with E-state index in [1.807, 2.05) is 72.8 Å². The van der Waals surface area contributed by atoms with Crippen molar-refractivity contribution in [3.8, 4) is 11.5 Å². The molecule has 194 valence electrons. The first kappa shape index (κ1) is 26.7. The van der Waals surface area contributed by atoms with Crippen LogP contribution in [-0.4, -0.2) is 55.9 Å². The third kappa shape index (κ3) is 6.90. The van der Waals surface area contributed by atoms with Crippen molar-refractivity contribution in [1.29, 1.82) is 0 Å². The summed E-state index contributed by atoms with van der Waals surface area (Å²) in [5, 5.41) is 12.0. The summed E-state index contributed by atoms with van der Waals surface area (Å²) in [7, 11) is 1.64. The molecule has 0 fully saturated rings. The van der Waals surface area contributed by atoms with Crippen LogP contribution in [0.2, 0.25) is 0 Å². The number of amides is 1. The zero-order chi connectivity index (χ0) is 26.1. The van der Waals surface area contributed by atoms with Gasteiger partial charge in [-0.15, -0.1) is 0 Å². The maximum atomic E-state index is 13.6. The van der Waals surface area contributed by atoms with E-state index in [-0.39, 0.29) is 19.1 Å². The average molecular weight is 567 g/mol. The number of aliphatic hydroxyl groups is 1. The molecule has 0 saturated heterocycles. The molecule has 1 heterocycles. The minimum atomic E-state index is -1.09. The second-order valence-electron chi connectivity index (χ2n) is 8.81. The third-order valence-electron chi connectivity index (χ3n) is 6.13. The molecule has 1 aliphatic rings. The van der Waals surface area contributed by atoms with Gasteiger partial charge in [0, 0.05) is 36.0 Å². The summed E-state index contributed by atoms with van der Waals surface area (Å²) >= 11 is 3.61. The molecular formula is C29H31BrN2O5. The molecule has 7 nitrogen and oxygen atoms in total. The van der Waals surface area contributed by atoms with Crippen molar-refractivity contribution in [2.75, 3.05) is 33.5 Å². The van der Waals surface area contributed by atoms with Gasteiger partial charge in [-0.25, -0.2) is 4.99 Å². The van der Waals surface area contributed by atoms with E-state index in [4.69, 9.17) is 24.3 Å². The van der Waals surface area contributed by atoms with Gasteiger partial charge < -0.3 is 24.6 Å². The van der Waals surface area contributed by atoms with Crippen LogP contribution in [0.4, 0.5) is 0 Å². The number of halogens is 1. The Bertz CT molecular complexity index is 1230. The summed E-state index contributed by atoms with van der Waals surface area (Å²) in [5.41, 5.74) is 1.73. The van der Waals surface area contributed by atoms with Crippen molar-refractivity contribution in [3.63, 3.8) is 0 Å². The fourth-order valence-corrected chi connectivity index (χ4v) is 4.52. The quantitative estimate of drug-likeness (QED) is 0.318. The molecule has 3 aromatic rings. The molecule has 1 aliphatic heterocycles. The Kier molecular flexibility index (Phi) is 9.19. The molecule has 1 amide bonds. The number of hydrogen-bond donors (Lipinski definition) is 2. The fourth-order valence-electron chi connectivity index (χ4n) is 4.10. The zero-order valence-electron chi connectivity index (χ0n) is 20.8. The Labute approximate surface area is 225 Å². The van der Waals surface area contributed by atoms with Gasteiger partial charge in [0.15, 0.2) is 5.54 Å². The van der Waals surface area contributed by atoms with E-state index in [1.165, 1.54) is 0 Å². The number of methoxy groups -OCH3 is 1. The Morgan fingerprint density at radius 2 is 1.92 bits per heavy atom. The lowest BCUT2D eigenvalue weighted by Crippen LogP contribution is -2.49. The Balaban J connectivity index is 1.51. The first-order valence-corrected chi connectivity index (χ1v) is 13.0. The highest BCUT2D eigenvalue weighted by atomic mass is 79.9. The first-order valence-electron chi connectivity index (χ1n) is 12.2. The van der Waals surface area contributed by atoms with E-state index in [0.29, 0.717) is 44.1 Å². The summed E-state index contributed by atoms with van der Waals surface area (Å²) in [4.78, 5) is 18.4. The number of ether oxygens (including phenoxy) is 3. The molecule has 0 aliphatic carbocycles. The summed E-state index contributed by atoms with van der Waals surface area (Å²) in [5.74, 6) is 1.74. The number of aliphatic imine (C=N–C) groups is 1. The maximum absolute atomic E-state index is 13.6. The van der Waals surface area contributed by atoms with E-state index in [1.54, 1.807) is 7.11 Å². The summed E-state index contributed by atoms with van der Waals surface area (Å²) in [6.07, 6.45) is 1.64. The molecule has 4 rings (SSSR count). The van der Waals surface area contributed by atoms with Crippen molar-refractivity contribution >= 4 is 27.7 Å². The molecule has 2 N–H and O–H groups in total. The summed E-state index contributed by atoms with van der Waals surface area (Å²) in [6.45, 7) is 1.14. The van der Waals surface area contributed by atoms with Gasteiger partial charge in [-0.2, -0.15) is 0 Å². The smallest absolute Gasteiger partial charge is 0.251 e. The van der Waals surface area contributed by atoms with Gasteiger partial charge in [0.1, 0.15) is 18.1 Å². The van der Waals surface area contributed by atoms with E-state index >= 15 is 0 Å². The normalized spacial score (nSPS) is 16.6. The monoisotopic (exact) mass is 566 g/mol. The van der Waals surface area contributed by atoms with Gasteiger partial charge in [-0.05, 0) is 60.0 Å². The fraction of sp³-hybridized carbons (Fsp3) is 0.310. The highest BCUT2D eigenvalue weighted by Gasteiger charge is 2.44. The predicted molar refractivity (Wildman–Crippen MR) is 146 cm³/mol. The molecule has 1 atom stereocenters. The van der Waals surface area contributed by atoms with E-state index in [9.17, 15) is 4.79 Å². The van der Waals surface area contributed by atoms with Gasteiger partial charge in [0.25, 0.3) is 5.91 Å². The van der Waals surface area contributed by atoms with Gasteiger partial charge in [0.2, 0.25) is 5.90 Å². The number of benzene rings is 3. The minimum Gasteiger partial charge on any atom is -0.497 e. The second kappa shape index (κ2) is 12.7. The van der Waals surface area contributed by atoms with Crippen LogP contribution >= 0.6 is 15.9 Å². The van der Waals surface area contributed by atoms with Crippen molar-refractivity contribution in [1.82, 2.24) is 5.32 Å². The van der Waals surface area contributed by atoms with Crippen LogP contribution in [0.1, 0.15) is 23.1 Å².